The highest BCUT2D eigenvalue weighted by molar-refractivity contribution is 9.10. The molecule has 0 saturated heterocycles. The molecule has 5 heteroatoms. The van der Waals surface area contributed by atoms with Crippen molar-refractivity contribution in [3.8, 4) is 0 Å². The molecule has 2 aromatic rings. The van der Waals surface area contributed by atoms with E-state index in [4.69, 9.17) is 4.42 Å². The second-order valence-corrected chi connectivity index (χ2v) is 4.94. The molecule has 1 amide bonds. The number of aromatic nitrogens is 1. The van der Waals surface area contributed by atoms with Gasteiger partial charge in [0.1, 0.15) is 0 Å². The number of anilines is 1. The summed E-state index contributed by atoms with van der Waals surface area (Å²) >= 11 is 3.41. The first-order valence-electron chi connectivity index (χ1n) is 5.49. The Hall–Kier alpha value is -1.62. The zero-order chi connectivity index (χ0) is 13.3. The van der Waals surface area contributed by atoms with Gasteiger partial charge in [-0.25, -0.2) is 4.98 Å². The summed E-state index contributed by atoms with van der Waals surface area (Å²) in [4.78, 5) is 16.1. The maximum Gasteiger partial charge on any atom is 0.293 e. The Bertz CT molecular complexity index is 605. The number of nitrogens with one attached hydrogen (secondary N) is 1. The van der Waals surface area contributed by atoms with E-state index >= 15 is 0 Å². The number of hydrogen-bond acceptors (Lipinski definition) is 3. The van der Waals surface area contributed by atoms with Gasteiger partial charge in [-0.15, -0.1) is 0 Å². The first kappa shape index (κ1) is 12.8. The van der Waals surface area contributed by atoms with Crippen molar-refractivity contribution < 1.29 is 9.21 Å². The maximum absolute atomic E-state index is 12.0. The monoisotopic (exact) mass is 308 g/mol. The zero-order valence-corrected chi connectivity index (χ0v) is 12.0. The smallest absolute Gasteiger partial charge is 0.293 e. The Morgan fingerprint density at radius 3 is 2.61 bits per heavy atom. The van der Waals surface area contributed by atoms with E-state index in [2.05, 4.69) is 26.2 Å². The molecule has 0 bridgehead atoms. The molecule has 1 aromatic carbocycles. The van der Waals surface area contributed by atoms with Crippen molar-refractivity contribution in [1.82, 2.24) is 4.98 Å². The third-order valence-electron chi connectivity index (χ3n) is 2.48. The van der Waals surface area contributed by atoms with Crippen LogP contribution in [0.25, 0.3) is 0 Å². The number of amides is 1. The summed E-state index contributed by atoms with van der Waals surface area (Å²) in [6, 6.07) is 5.71. The third-order valence-corrected chi connectivity index (χ3v) is 3.14. The zero-order valence-electron chi connectivity index (χ0n) is 10.4. The molecule has 94 valence electrons. The topological polar surface area (TPSA) is 55.1 Å². The van der Waals surface area contributed by atoms with Crippen molar-refractivity contribution in [3.63, 3.8) is 0 Å². The number of hydrogen-bond donors (Lipinski definition) is 1. The van der Waals surface area contributed by atoms with Crippen molar-refractivity contribution >= 4 is 27.5 Å². The lowest BCUT2D eigenvalue weighted by atomic mass is 10.2. The van der Waals surface area contributed by atoms with E-state index in [1.807, 2.05) is 25.1 Å². The van der Waals surface area contributed by atoms with Gasteiger partial charge in [0, 0.05) is 11.4 Å². The number of halogens is 1. The van der Waals surface area contributed by atoms with Crippen molar-refractivity contribution in [3.05, 3.63) is 45.6 Å². The molecule has 4 nitrogen and oxygen atoms in total. The average Bonchev–Trinajstić information content (AvgIpc) is 2.62. The lowest BCUT2D eigenvalue weighted by Crippen LogP contribution is -2.12. The van der Waals surface area contributed by atoms with Crippen molar-refractivity contribution in [2.24, 2.45) is 0 Å². The molecule has 0 radical (unpaired) electrons. The fourth-order valence-electron chi connectivity index (χ4n) is 1.64. The van der Waals surface area contributed by atoms with E-state index in [9.17, 15) is 4.79 Å². The van der Waals surface area contributed by atoms with Crippen LogP contribution in [0.4, 0.5) is 5.69 Å². The number of carbonyl (C=O) groups excluding carboxylic acids is 1. The van der Waals surface area contributed by atoms with Crippen LogP contribution in [0.1, 0.15) is 27.7 Å². The van der Waals surface area contributed by atoms with E-state index in [1.54, 1.807) is 13.8 Å². The summed E-state index contributed by atoms with van der Waals surface area (Å²) < 4.78 is 6.11. The largest absolute Gasteiger partial charge is 0.436 e. The molecule has 2 rings (SSSR count). The van der Waals surface area contributed by atoms with Crippen molar-refractivity contribution in [1.29, 1.82) is 0 Å². The third kappa shape index (κ3) is 2.61. The Balaban J connectivity index is 2.24. The molecule has 0 fully saturated rings. The van der Waals surface area contributed by atoms with Crippen LogP contribution in [-0.2, 0) is 0 Å². The Kier molecular flexibility index (Phi) is 3.52. The SMILES string of the molecule is Cc1ccc(NC(=O)c2oc(C)nc2C)c(Br)c1. The Morgan fingerprint density at radius 2 is 2.06 bits per heavy atom. The van der Waals surface area contributed by atoms with Crippen LogP contribution in [0.2, 0.25) is 0 Å². The minimum Gasteiger partial charge on any atom is -0.436 e. The number of nitrogens with zero attached hydrogens (tertiary/aromatic N) is 1. The van der Waals surface area contributed by atoms with Crippen LogP contribution < -0.4 is 5.32 Å². The van der Waals surface area contributed by atoms with Gasteiger partial charge >= 0.3 is 0 Å². The molecule has 18 heavy (non-hydrogen) atoms. The standard InChI is InChI=1S/C13H13BrN2O2/c1-7-4-5-11(10(14)6-7)16-13(17)12-8(2)15-9(3)18-12/h4-6H,1-3H3,(H,16,17). The lowest BCUT2D eigenvalue weighted by Gasteiger charge is -2.06. The average molecular weight is 309 g/mol. The van der Waals surface area contributed by atoms with Crippen LogP contribution in [-0.4, -0.2) is 10.9 Å². The molecule has 1 N–H and O–H groups in total. The van der Waals surface area contributed by atoms with E-state index in [-0.39, 0.29) is 11.7 Å². The highest BCUT2D eigenvalue weighted by atomic mass is 79.9. The summed E-state index contributed by atoms with van der Waals surface area (Å²) in [5.41, 5.74) is 2.42. The minimum atomic E-state index is -0.294. The van der Waals surface area contributed by atoms with Crippen LogP contribution >= 0.6 is 15.9 Å². The molecule has 1 aromatic heterocycles. The normalized spacial score (nSPS) is 10.4. The predicted octanol–water partition coefficient (Wildman–Crippen LogP) is 3.61. The number of rotatable bonds is 2. The van der Waals surface area contributed by atoms with Crippen LogP contribution in [0.3, 0.4) is 0 Å². The highest BCUT2D eigenvalue weighted by Gasteiger charge is 2.16. The van der Waals surface area contributed by atoms with E-state index in [1.165, 1.54) is 0 Å². The summed E-state index contributed by atoms with van der Waals surface area (Å²) in [5, 5.41) is 2.79. The Labute approximate surface area is 114 Å². The molecule has 0 aliphatic heterocycles. The second-order valence-electron chi connectivity index (χ2n) is 4.08. The van der Waals surface area contributed by atoms with E-state index in [0.717, 1.165) is 10.0 Å². The Morgan fingerprint density at radius 1 is 1.33 bits per heavy atom. The lowest BCUT2D eigenvalue weighted by molar-refractivity contribution is 0.0994. The molecule has 0 saturated carbocycles. The molecule has 0 aliphatic rings. The second kappa shape index (κ2) is 4.94. The maximum atomic E-state index is 12.0. The first-order valence-corrected chi connectivity index (χ1v) is 6.28. The van der Waals surface area contributed by atoms with Gasteiger partial charge in [-0.3, -0.25) is 4.79 Å². The fraction of sp³-hybridized carbons (Fsp3) is 0.231. The number of benzene rings is 1. The van der Waals surface area contributed by atoms with Crippen molar-refractivity contribution in [2.75, 3.05) is 5.32 Å². The summed E-state index contributed by atoms with van der Waals surface area (Å²) in [5.74, 6) is 0.443. The predicted molar refractivity (Wildman–Crippen MR) is 72.8 cm³/mol. The summed E-state index contributed by atoms with van der Waals surface area (Å²) in [7, 11) is 0. The fourth-order valence-corrected chi connectivity index (χ4v) is 2.23. The van der Waals surface area contributed by atoms with Gasteiger partial charge in [0.2, 0.25) is 5.76 Å². The van der Waals surface area contributed by atoms with Crippen LogP contribution in [0.5, 0.6) is 0 Å². The van der Waals surface area contributed by atoms with Gasteiger partial charge < -0.3 is 9.73 Å². The minimum absolute atomic E-state index is 0.250. The van der Waals surface area contributed by atoms with Crippen LogP contribution in [0, 0.1) is 20.8 Å². The van der Waals surface area contributed by atoms with E-state index < -0.39 is 0 Å². The number of oxazole rings is 1. The molecule has 1 heterocycles. The van der Waals surface area contributed by atoms with E-state index in [0.29, 0.717) is 17.3 Å². The molecule has 0 spiro atoms. The van der Waals surface area contributed by atoms with Gasteiger partial charge in [0.25, 0.3) is 5.91 Å². The quantitative estimate of drug-likeness (QED) is 0.922. The summed E-state index contributed by atoms with van der Waals surface area (Å²) in [6.45, 7) is 5.45. The van der Waals surface area contributed by atoms with Crippen molar-refractivity contribution in [2.45, 2.75) is 20.8 Å². The molecule has 0 unspecified atom stereocenters. The highest BCUT2D eigenvalue weighted by Crippen LogP contribution is 2.24. The first-order chi connectivity index (χ1) is 8.47. The molecular weight excluding hydrogens is 296 g/mol. The molecule has 0 atom stereocenters. The molecule has 0 aliphatic carbocycles. The summed E-state index contributed by atoms with van der Waals surface area (Å²) in [6.07, 6.45) is 0. The number of carbonyl (C=O) groups is 1. The van der Waals surface area contributed by atoms with Gasteiger partial charge in [-0.2, -0.15) is 0 Å². The molecular formula is C13H13BrN2O2. The van der Waals surface area contributed by atoms with Gasteiger partial charge in [-0.05, 0) is 47.5 Å². The van der Waals surface area contributed by atoms with Crippen LogP contribution in [0.15, 0.2) is 27.1 Å². The van der Waals surface area contributed by atoms with Gasteiger partial charge in [-0.1, -0.05) is 6.07 Å². The number of aryl methyl sites for hydroxylation is 3. The van der Waals surface area contributed by atoms with Gasteiger partial charge in [0.15, 0.2) is 5.89 Å². The van der Waals surface area contributed by atoms with Gasteiger partial charge in [0.05, 0.1) is 11.4 Å².